The third-order valence-corrected chi connectivity index (χ3v) is 6.34. The SMILES string of the molecule is Cc1onc(C(=O)N2C[C@@H](Oc3ccccc3)C[C@H]2C(=O)N2CCCC2)c1Cn1cccn1. The van der Waals surface area contributed by atoms with E-state index in [9.17, 15) is 9.59 Å². The Labute approximate surface area is 191 Å². The molecule has 172 valence electrons. The van der Waals surface area contributed by atoms with Crippen molar-refractivity contribution < 1.29 is 18.8 Å². The quantitative estimate of drug-likeness (QED) is 0.574. The van der Waals surface area contributed by atoms with Gasteiger partial charge in [-0.25, -0.2) is 0 Å². The van der Waals surface area contributed by atoms with E-state index in [1.165, 1.54) is 0 Å². The highest BCUT2D eigenvalue weighted by atomic mass is 16.5. The number of rotatable bonds is 6. The second-order valence-electron chi connectivity index (χ2n) is 8.56. The molecular formula is C24H27N5O4. The number of ether oxygens (including phenoxy) is 1. The van der Waals surface area contributed by atoms with Crippen molar-refractivity contribution in [3.8, 4) is 5.75 Å². The summed E-state index contributed by atoms with van der Waals surface area (Å²) in [6.45, 7) is 3.92. The largest absolute Gasteiger partial charge is 0.488 e. The van der Waals surface area contributed by atoms with Crippen molar-refractivity contribution in [1.82, 2.24) is 24.7 Å². The molecule has 2 saturated heterocycles. The summed E-state index contributed by atoms with van der Waals surface area (Å²) < 4.78 is 13.2. The molecule has 5 rings (SSSR count). The van der Waals surface area contributed by atoms with Gasteiger partial charge in [0.2, 0.25) is 5.91 Å². The second-order valence-corrected chi connectivity index (χ2v) is 8.56. The van der Waals surface area contributed by atoms with E-state index in [4.69, 9.17) is 9.26 Å². The van der Waals surface area contributed by atoms with Crippen molar-refractivity contribution >= 4 is 11.8 Å². The molecule has 4 heterocycles. The summed E-state index contributed by atoms with van der Waals surface area (Å²) in [4.78, 5) is 30.5. The number of benzene rings is 1. The average molecular weight is 450 g/mol. The lowest BCUT2D eigenvalue weighted by molar-refractivity contribution is -0.134. The van der Waals surface area contributed by atoms with Crippen LogP contribution in [-0.2, 0) is 11.3 Å². The van der Waals surface area contributed by atoms with E-state index in [0.29, 0.717) is 30.8 Å². The third kappa shape index (κ3) is 4.35. The Morgan fingerprint density at radius 1 is 1.15 bits per heavy atom. The minimum Gasteiger partial charge on any atom is -0.488 e. The third-order valence-electron chi connectivity index (χ3n) is 6.34. The Kier molecular flexibility index (Phi) is 5.85. The first-order chi connectivity index (χ1) is 16.1. The van der Waals surface area contributed by atoms with Crippen LogP contribution in [-0.4, -0.2) is 68.3 Å². The summed E-state index contributed by atoms with van der Waals surface area (Å²) in [7, 11) is 0. The van der Waals surface area contributed by atoms with Crippen molar-refractivity contribution in [1.29, 1.82) is 0 Å². The molecule has 33 heavy (non-hydrogen) atoms. The van der Waals surface area contributed by atoms with Crippen LogP contribution in [0, 0.1) is 6.92 Å². The molecule has 1 aromatic carbocycles. The van der Waals surface area contributed by atoms with Gasteiger partial charge < -0.3 is 19.1 Å². The molecule has 3 aromatic rings. The molecule has 9 heteroatoms. The highest BCUT2D eigenvalue weighted by Crippen LogP contribution is 2.28. The maximum absolute atomic E-state index is 13.7. The van der Waals surface area contributed by atoms with Crippen LogP contribution >= 0.6 is 0 Å². The van der Waals surface area contributed by atoms with Crippen molar-refractivity contribution in [2.75, 3.05) is 19.6 Å². The lowest BCUT2D eigenvalue weighted by atomic mass is 10.1. The van der Waals surface area contributed by atoms with Crippen molar-refractivity contribution in [2.45, 2.75) is 44.9 Å². The Morgan fingerprint density at radius 3 is 2.67 bits per heavy atom. The van der Waals surface area contributed by atoms with Crippen molar-refractivity contribution in [2.24, 2.45) is 0 Å². The van der Waals surface area contributed by atoms with Crippen molar-refractivity contribution in [3.63, 3.8) is 0 Å². The second kappa shape index (κ2) is 9.09. The fourth-order valence-corrected chi connectivity index (χ4v) is 4.62. The smallest absolute Gasteiger partial charge is 0.277 e. The first-order valence-corrected chi connectivity index (χ1v) is 11.3. The van der Waals surface area contributed by atoms with E-state index in [-0.39, 0.29) is 23.6 Å². The van der Waals surface area contributed by atoms with Gasteiger partial charge in [0.15, 0.2) is 5.69 Å². The fourth-order valence-electron chi connectivity index (χ4n) is 4.62. The zero-order valence-corrected chi connectivity index (χ0v) is 18.6. The van der Waals surface area contributed by atoms with E-state index in [1.54, 1.807) is 22.7 Å². The molecule has 0 bridgehead atoms. The standard InChI is InChI=1S/C24H27N5O4/c1-17-20(16-28-13-7-10-25-28)22(26-33-17)24(31)29-15-19(32-18-8-3-2-4-9-18)14-21(29)23(30)27-11-5-6-12-27/h2-4,7-10,13,19,21H,5-6,11-12,14-16H2,1H3/t19-,21-/m0/s1. The molecule has 0 aliphatic carbocycles. The van der Waals surface area contributed by atoms with E-state index in [1.807, 2.05) is 47.5 Å². The molecule has 0 radical (unpaired) electrons. The molecule has 0 spiro atoms. The molecule has 2 aromatic heterocycles. The predicted octanol–water partition coefficient (Wildman–Crippen LogP) is 2.51. The fraction of sp³-hybridized carbons (Fsp3) is 0.417. The van der Waals surface area contributed by atoms with E-state index < -0.39 is 6.04 Å². The van der Waals surface area contributed by atoms with Gasteiger partial charge in [-0.05, 0) is 38.0 Å². The number of hydrogen-bond donors (Lipinski definition) is 0. The van der Waals surface area contributed by atoms with Crippen LogP contribution in [0.3, 0.4) is 0 Å². The lowest BCUT2D eigenvalue weighted by Crippen LogP contribution is -2.47. The Bertz CT molecular complexity index is 1110. The molecular weight excluding hydrogens is 422 g/mol. The Hall–Kier alpha value is -3.62. The number of nitrogens with zero attached hydrogens (tertiary/aromatic N) is 5. The zero-order chi connectivity index (χ0) is 22.8. The maximum atomic E-state index is 13.7. The summed E-state index contributed by atoms with van der Waals surface area (Å²) in [6, 6.07) is 10.7. The zero-order valence-electron chi connectivity index (χ0n) is 18.6. The van der Waals surface area contributed by atoms with Crippen LogP contribution in [0.4, 0.5) is 0 Å². The number of aromatic nitrogens is 3. The van der Waals surface area contributed by atoms with Gasteiger partial charge in [-0.1, -0.05) is 23.4 Å². The first-order valence-electron chi connectivity index (χ1n) is 11.3. The molecule has 2 fully saturated rings. The molecule has 0 N–H and O–H groups in total. The van der Waals surface area contributed by atoms with Crippen LogP contribution in [0.5, 0.6) is 5.75 Å². The molecule has 0 saturated carbocycles. The summed E-state index contributed by atoms with van der Waals surface area (Å²) >= 11 is 0. The number of hydrogen-bond acceptors (Lipinski definition) is 6. The topological polar surface area (TPSA) is 93.7 Å². The number of amides is 2. The number of aryl methyl sites for hydroxylation is 1. The number of carbonyl (C=O) groups is 2. The maximum Gasteiger partial charge on any atom is 0.277 e. The summed E-state index contributed by atoms with van der Waals surface area (Å²) in [5, 5.41) is 8.29. The van der Waals surface area contributed by atoms with Gasteiger partial charge in [-0.15, -0.1) is 0 Å². The highest BCUT2D eigenvalue weighted by Gasteiger charge is 2.44. The van der Waals surface area contributed by atoms with Gasteiger partial charge >= 0.3 is 0 Å². The van der Waals surface area contributed by atoms with Crippen molar-refractivity contribution in [3.05, 3.63) is 65.8 Å². The van der Waals surface area contributed by atoms with Crippen LogP contribution < -0.4 is 4.74 Å². The molecule has 2 atom stereocenters. The number of para-hydroxylation sites is 1. The Morgan fingerprint density at radius 2 is 1.94 bits per heavy atom. The van der Waals surface area contributed by atoms with Gasteiger partial charge in [0.25, 0.3) is 5.91 Å². The number of likely N-dealkylation sites (tertiary alicyclic amines) is 2. The summed E-state index contributed by atoms with van der Waals surface area (Å²) in [5.41, 5.74) is 0.895. The normalized spacial score (nSPS) is 20.4. The van der Waals surface area contributed by atoms with E-state index in [2.05, 4.69) is 10.3 Å². The van der Waals surface area contributed by atoms with Crippen LogP contribution in [0.15, 0.2) is 53.3 Å². The average Bonchev–Trinajstić information content (AvgIpc) is 3.63. The summed E-state index contributed by atoms with van der Waals surface area (Å²) in [6.07, 6.45) is 5.65. The first kappa shape index (κ1) is 21.2. The molecule has 2 aliphatic rings. The molecule has 0 unspecified atom stereocenters. The molecule has 2 amide bonds. The minimum absolute atomic E-state index is 0.0196. The molecule has 2 aliphatic heterocycles. The van der Waals surface area contributed by atoms with E-state index in [0.717, 1.165) is 31.7 Å². The van der Waals surface area contributed by atoms with E-state index >= 15 is 0 Å². The van der Waals surface area contributed by atoms with Gasteiger partial charge in [-0.2, -0.15) is 5.10 Å². The summed E-state index contributed by atoms with van der Waals surface area (Å²) in [5.74, 6) is 0.952. The molecule has 9 nitrogen and oxygen atoms in total. The van der Waals surface area contributed by atoms with Crippen LogP contribution in [0.1, 0.15) is 41.1 Å². The van der Waals surface area contributed by atoms with Gasteiger partial charge in [0, 0.05) is 37.5 Å². The highest BCUT2D eigenvalue weighted by molar-refractivity contribution is 5.97. The monoisotopic (exact) mass is 449 g/mol. The minimum atomic E-state index is -0.584. The predicted molar refractivity (Wildman–Crippen MR) is 119 cm³/mol. The van der Waals surface area contributed by atoms with Crippen LogP contribution in [0.2, 0.25) is 0 Å². The Balaban J connectivity index is 1.41. The lowest BCUT2D eigenvalue weighted by Gasteiger charge is -2.27. The van der Waals surface area contributed by atoms with Gasteiger partial charge in [-0.3, -0.25) is 14.3 Å². The van der Waals surface area contributed by atoms with Gasteiger partial charge in [0.1, 0.15) is 23.7 Å². The van der Waals surface area contributed by atoms with Gasteiger partial charge in [0.05, 0.1) is 13.1 Å². The van der Waals surface area contributed by atoms with Crippen LogP contribution in [0.25, 0.3) is 0 Å². The number of carbonyl (C=O) groups excluding carboxylic acids is 2.